The molecule has 0 aromatic rings. The molecule has 0 amide bonds. The van der Waals surface area contributed by atoms with E-state index in [0.29, 0.717) is 59.5 Å². The topological polar surface area (TPSA) is 60.3 Å². The molecule has 0 N–H and O–H groups in total. The standard InChI is InChI=1S/C12H26NO5.C3H8.Y/c1-13-3-4-15-7-8-17-11-12-18-10-9-16-6-5-14-2;1-3-2;/h3-12H2,1-2H3;3H2,1-2H3;/q-1;;. The molecule has 0 aromatic carbocycles. The van der Waals surface area contributed by atoms with Crippen molar-refractivity contribution in [1.29, 1.82) is 0 Å². The van der Waals surface area contributed by atoms with Crippen molar-refractivity contribution in [2.24, 2.45) is 0 Å². The summed E-state index contributed by atoms with van der Waals surface area (Å²) in [7, 11) is 3.42. The third-order valence-corrected chi connectivity index (χ3v) is 2.01. The van der Waals surface area contributed by atoms with Gasteiger partial charge in [0.2, 0.25) is 0 Å². The van der Waals surface area contributed by atoms with E-state index in [-0.39, 0.29) is 32.7 Å². The number of hydrogen-bond acceptors (Lipinski definition) is 5. The predicted octanol–water partition coefficient (Wildman–Crippen LogP) is 2.12. The van der Waals surface area contributed by atoms with Crippen molar-refractivity contribution in [2.75, 3.05) is 80.2 Å². The van der Waals surface area contributed by atoms with Crippen LogP contribution in [0.1, 0.15) is 20.3 Å². The zero-order valence-corrected chi connectivity index (χ0v) is 17.7. The Labute approximate surface area is 161 Å². The van der Waals surface area contributed by atoms with Gasteiger partial charge >= 0.3 is 0 Å². The molecule has 0 unspecified atom stereocenters. The Balaban J connectivity index is -0.000000827. The van der Waals surface area contributed by atoms with Gasteiger partial charge in [-0.2, -0.15) is 7.05 Å². The molecule has 0 spiro atoms. The average molecular weight is 397 g/mol. The molecule has 7 heteroatoms. The summed E-state index contributed by atoms with van der Waals surface area (Å²) in [6, 6.07) is 0. The van der Waals surface area contributed by atoms with E-state index in [1.54, 1.807) is 14.2 Å². The summed E-state index contributed by atoms with van der Waals surface area (Å²) >= 11 is 0. The van der Waals surface area contributed by atoms with Crippen LogP contribution in [0.15, 0.2) is 0 Å². The number of nitrogens with zero attached hydrogens (tertiary/aromatic N) is 1. The first-order valence-electron chi connectivity index (χ1n) is 7.68. The Morgan fingerprint density at radius 1 is 0.636 bits per heavy atom. The molecule has 0 heterocycles. The summed E-state index contributed by atoms with van der Waals surface area (Å²) in [5, 5.41) is 3.92. The zero-order chi connectivity index (χ0) is 16.0. The predicted molar refractivity (Wildman–Crippen MR) is 85.3 cm³/mol. The largest absolute Gasteiger partial charge is 0.663 e. The van der Waals surface area contributed by atoms with Gasteiger partial charge in [-0.05, 0) is 0 Å². The molecular weight excluding hydrogens is 363 g/mol. The second-order valence-electron chi connectivity index (χ2n) is 4.19. The van der Waals surface area contributed by atoms with Crippen LogP contribution in [0.25, 0.3) is 5.32 Å². The number of hydrogen-bond donors (Lipinski definition) is 0. The monoisotopic (exact) mass is 397 g/mol. The van der Waals surface area contributed by atoms with Crippen molar-refractivity contribution in [3.63, 3.8) is 0 Å². The van der Waals surface area contributed by atoms with Gasteiger partial charge in [-0.3, -0.25) is 0 Å². The maximum Gasteiger partial charge on any atom is 0.0701 e. The fourth-order valence-corrected chi connectivity index (χ4v) is 1.06. The van der Waals surface area contributed by atoms with Crippen LogP contribution in [0.5, 0.6) is 0 Å². The summed E-state index contributed by atoms with van der Waals surface area (Å²) < 4.78 is 26.0. The smallest absolute Gasteiger partial charge is 0.0701 e. The van der Waals surface area contributed by atoms with Crippen molar-refractivity contribution >= 4 is 0 Å². The molecule has 0 aliphatic carbocycles. The molecule has 0 aromatic heterocycles. The molecule has 133 valence electrons. The zero-order valence-electron chi connectivity index (χ0n) is 14.8. The van der Waals surface area contributed by atoms with E-state index in [4.69, 9.17) is 23.7 Å². The van der Waals surface area contributed by atoms with E-state index < -0.39 is 0 Å². The maximum absolute atomic E-state index is 5.32. The van der Waals surface area contributed by atoms with Gasteiger partial charge in [0, 0.05) is 46.4 Å². The summed E-state index contributed by atoms with van der Waals surface area (Å²) in [4.78, 5) is 0. The third-order valence-electron chi connectivity index (χ3n) is 2.01. The Morgan fingerprint density at radius 2 is 0.955 bits per heavy atom. The van der Waals surface area contributed by atoms with E-state index in [0.717, 1.165) is 6.54 Å². The van der Waals surface area contributed by atoms with Crippen LogP contribution >= 0.6 is 0 Å². The molecule has 22 heavy (non-hydrogen) atoms. The van der Waals surface area contributed by atoms with Gasteiger partial charge in [0.25, 0.3) is 0 Å². The molecule has 0 fully saturated rings. The molecule has 0 saturated heterocycles. The van der Waals surface area contributed by atoms with Crippen LogP contribution in [-0.2, 0) is 56.4 Å². The number of likely N-dealkylation sites (N-methyl/N-ethyl adjacent to an activating group) is 1. The number of methoxy groups -OCH3 is 1. The quantitative estimate of drug-likeness (QED) is 0.396. The summed E-state index contributed by atoms with van der Waals surface area (Å²) in [6.07, 6.45) is 1.25. The first kappa shape index (κ1) is 27.7. The summed E-state index contributed by atoms with van der Waals surface area (Å²) in [5.41, 5.74) is 0. The maximum atomic E-state index is 5.32. The average Bonchev–Trinajstić information content (AvgIpc) is 2.48. The Hall–Kier alpha value is 0.864. The molecule has 6 nitrogen and oxygen atoms in total. The number of ether oxygens (including phenoxy) is 5. The second kappa shape index (κ2) is 29.8. The fraction of sp³-hybridized carbons (Fsp3) is 1.00. The molecule has 0 saturated carbocycles. The summed E-state index contributed by atoms with van der Waals surface area (Å²) in [6.45, 7) is 10.4. The van der Waals surface area contributed by atoms with Crippen LogP contribution < -0.4 is 0 Å². The SMILES string of the molecule is CCC.C[N-]CCOCCOCCOCCOCCOC.[Y]. The molecule has 0 aliphatic rings. The molecular formula is C15H34NO5Y-. The minimum atomic E-state index is 0. The molecule has 1 radical (unpaired) electrons. The van der Waals surface area contributed by atoms with E-state index in [2.05, 4.69) is 19.2 Å². The van der Waals surface area contributed by atoms with Gasteiger partial charge in [-0.25, -0.2) is 0 Å². The molecule has 0 atom stereocenters. The van der Waals surface area contributed by atoms with Gasteiger partial charge in [-0.15, -0.1) is 6.54 Å². The van der Waals surface area contributed by atoms with Crippen molar-refractivity contribution in [3.8, 4) is 0 Å². The summed E-state index contributed by atoms with van der Waals surface area (Å²) in [5.74, 6) is 0. The normalized spacial score (nSPS) is 9.82. The van der Waals surface area contributed by atoms with Gasteiger partial charge in [0.1, 0.15) is 0 Å². The van der Waals surface area contributed by atoms with Crippen molar-refractivity contribution in [1.82, 2.24) is 0 Å². The van der Waals surface area contributed by atoms with Crippen LogP contribution in [-0.4, -0.2) is 80.2 Å². The molecule has 0 rings (SSSR count). The first-order valence-corrected chi connectivity index (χ1v) is 7.68. The minimum absolute atomic E-state index is 0. The first-order chi connectivity index (χ1) is 10.3. The second-order valence-corrected chi connectivity index (χ2v) is 4.19. The Bertz CT molecular complexity index is 151. The van der Waals surface area contributed by atoms with Gasteiger partial charge in [-0.1, -0.05) is 20.3 Å². The minimum Gasteiger partial charge on any atom is -0.663 e. The van der Waals surface area contributed by atoms with Gasteiger partial charge < -0.3 is 29.0 Å². The molecule has 0 aliphatic heterocycles. The van der Waals surface area contributed by atoms with Crippen LogP contribution in [0.2, 0.25) is 0 Å². The van der Waals surface area contributed by atoms with E-state index >= 15 is 0 Å². The number of rotatable bonds is 15. The van der Waals surface area contributed by atoms with Crippen molar-refractivity contribution in [2.45, 2.75) is 20.3 Å². The Morgan fingerprint density at radius 3 is 1.27 bits per heavy atom. The van der Waals surface area contributed by atoms with E-state index in [1.165, 1.54) is 6.42 Å². The van der Waals surface area contributed by atoms with Crippen LogP contribution in [0.4, 0.5) is 0 Å². The van der Waals surface area contributed by atoms with Crippen LogP contribution in [0, 0.1) is 0 Å². The Kier molecular flexibility index (Phi) is 37.6. The van der Waals surface area contributed by atoms with E-state index in [9.17, 15) is 0 Å². The van der Waals surface area contributed by atoms with Crippen LogP contribution in [0.3, 0.4) is 0 Å². The van der Waals surface area contributed by atoms with Gasteiger partial charge in [0.05, 0.1) is 52.9 Å². The van der Waals surface area contributed by atoms with E-state index in [1.807, 2.05) is 0 Å². The fourth-order valence-electron chi connectivity index (χ4n) is 1.06. The van der Waals surface area contributed by atoms with Crippen molar-refractivity contribution in [3.05, 3.63) is 5.32 Å². The van der Waals surface area contributed by atoms with Gasteiger partial charge in [0.15, 0.2) is 0 Å². The van der Waals surface area contributed by atoms with Crippen molar-refractivity contribution < 1.29 is 56.4 Å². The molecule has 0 bridgehead atoms. The third kappa shape index (κ3) is 32.7.